The lowest BCUT2D eigenvalue weighted by atomic mass is 10.2. The summed E-state index contributed by atoms with van der Waals surface area (Å²) in [7, 11) is 0. The van der Waals surface area contributed by atoms with E-state index in [1.54, 1.807) is 6.92 Å². The maximum absolute atomic E-state index is 13.1. The summed E-state index contributed by atoms with van der Waals surface area (Å²) in [5, 5.41) is 2.60. The number of hydrogen-bond donors (Lipinski definition) is 1. The molecular formula is C11H10F3N. The highest BCUT2D eigenvalue weighted by atomic mass is 19.2. The van der Waals surface area contributed by atoms with Crippen molar-refractivity contribution >= 4 is 5.69 Å². The van der Waals surface area contributed by atoms with E-state index in [0.717, 1.165) is 12.1 Å². The number of hydrogen-bond acceptors (Lipinski definition) is 1. The average molecular weight is 213 g/mol. The summed E-state index contributed by atoms with van der Waals surface area (Å²) in [4.78, 5) is 0. The van der Waals surface area contributed by atoms with Gasteiger partial charge in [-0.3, -0.25) is 0 Å². The summed E-state index contributed by atoms with van der Waals surface area (Å²) >= 11 is 0. The lowest BCUT2D eigenvalue weighted by molar-refractivity contribution is 0.448. The molecule has 0 saturated heterocycles. The summed E-state index contributed by atoms with van der Waals surface area (Å²) in [5.41, 5.74) is -0.126. The maximum atomic E-state index is 13.1. The van der Waals surface area contributed by atoms with Crippen molar-refractivity contribution in [1.29, 1.82) is 0 Å². The van der Waals surface area contributed by atoms with Crippen molar-refractivity contribution in [3.05, 3.63) is 29.6 Å². The van der Waals surface area contributed by atoms with Crippen molar-refractivity contribution < 1.29 is 13.2 Å². The van der Waals surface area contributed by atoms with Crippen LogP contribution < -0.4 is 5.32 Å². The van der Waals surface area contributed by atoms with Crippen LogP contribution in [0.5, 0.6) is 0 Å². The second-order valence-electron chi connectivity index (χ2n) is 2.99. The topological polar surface area (TPSA) is 12.0 Å². The Labute approximate surface area is 86.3 Å². The summed E-state index contributed by atoms with van der Waals surface area (Å²) in [5.74, 6) is -1.59. The Balaban J connectivity index is 2.97. The second kappa shape index (κ2) is 4.74. The fraction of sp³-hybridized carbons (Fsp3) is 0.273. The Hall–Kier alpha value is -1.63. The molecule has 1 aromatic carbocycles. The molecule has 1 rings (SSSR count). The van der Waals surface area contributed by atoms with Crippen LogP contribution in [-0.2, 0) is 0 Å². The van der Waals surface area contributed by atoms with Gasteiger partial charge in [0.15, 0.2) is 17.5 Å². The van der Waals surface area contributed by atoms with Crippen molar-refractivity contribution in [3.63, 3.8) is 0 Å². The van der Waals surface area contributed by atoms with Crippen LogP contribution >= 0.6 is 0 Å². The van der Waals surface area contributed by atoms with Gasteiger partial charge in [0, 0.05) is 0 Å². The molecule has 0 aliphatic heterocycles. The third-order valence-electron chi connectivity index (χ3n) is 1.97. The van der Waals surface area contributed by atoms with Crippen LogP contribution in [0.1, 0.15) is 13.3 Å². The predicted molar refractivity (Wildman–Crippen MR) is 52.9 cm³/mol. The van der Waals surface area contributed by atoms with Crippen LogP contribution in [0.4, 0.5) is 18.9 Å². The fourth-order valence-electron chi connectivity index (χ4n) is 1.09. The third-order valence-corrected chi connectivity index (χ3v) is 1.97. The minimum absolute atomic E-state index is 0.126. The van der Waals surface area contributed by atoms with Crippen LogP contribution in [0.15, 0.2) is 12.1 Å². The van der Waals surface area contributed by atoms with Gasteiger partial charge in [-0.05, 0) is 18.6 Å². The first-order valence-electron chi connectivity index (χ1n) is 4.46. The predicted octanol–water partition coefficient (Wildman–Crippen LogP) is 2.93. The highest BCUT2D eigenvalue weighted by Gasteiger charge is 2.14. The molecule has 1 atom stereocenters. The van der Waals surface area contributed by atoms with Gasteiger partial charge in [-0.1, -0.05) is 12.8 Å². The van der Waals surface area contributed by atoms with Crippen LogP contribution in [0, 0.1) is 29.8 Å². The zero-order valence-corrected chi connectivity index (χ0v) is 8.15. The first-order valence-corrected chi connectivity index (χ1v) is 4.46. The van der Waals surface area contributed by atoms with E-state index in [9.17, 15) is 13.2 Å². The molecule has 1 aromatic rings. The zero-order valence-electron chi connectivity index (χ0n) is 8.15. The van der Waals surface area contributed by atoms with Crippen molar-refractivity contribution in [1.82, 2.24) is 0 Å². The van der Waals surface area contributed by atoms with Gasteiger partial charge < -0.3 is 5.32 Å². The van der Waals surface area contributed by atoms with Gasteiger partial charge in [0.25, 0.3) is 0 Å². The van der Waals surface area contributed by atoms with E-state index in [2.05, 4.69) is 11.2 Å². The molecule has 0 aliphatic rings. The smallest absolute Gasteiger partial charge is 0.196 e. The van der Waals surface area contributed by atoms with E-state index >= 15 is 0 Å². The Bertz CT molecular complexity index is 396. The van der Waals surface area contributed by atoms with E-state index < -0.39 is 23.5 Å². The second-order valence-corrected chi connectivity index (χ2v) is 2.99. The molecule has 4 heteroatoms. The van der Waals surface area contributed by atoms with Gasteiger partial charge in [0.05, 0.1) is 11.7 Å². The number of anilines is 1. The molecular weight excluding hydrogens is 203 g/mol. The van der Waals surface area contributed by atoms with Gasteiger partial charge in [-0.15, -0.1) is 6.42 Å². The number of rotatable bonds is 3. The molecule has 0 saturated carbocycles. The summed E-state index contributed by atoms with van der Waals surface area (Å²) in [6, 6.07) is 1.57. The van der Waals surface area contributed by atoms with Crippen molar-refractivity contribution in [3.8, 4) is 12.3 Å². The molecule has 1 unspecified atom stereocenters. The molecule has 0 bridgehead atoms. The monoisotopic (exact) mass is 213 g/mol. The number of nitrogens with one attached hydrogen (secondary N) is 1. The quantitative estimate of drug-likeness (QED) is 0.601. The number of benzene rings is 1. The third kappa shape index (κ3) is 2.44. The van der Waals surface area contributed by atoms with E-state index in [1.807, 2.05) is 0 Å². The minimum Gasteiger partial charge on any atom is -0.369 e. The molecule has 80 valence electrons. The summed E-state index contributed by atoms with van der Waals surface area (Å²) < 4.78 is 38.5. The van der Waals surface area contributed by atoms with Crippen molar-refractivity contribution in [2.24, 2.45) is 0 Å². The molecule has 15 heavy (non-hydrogen) atoms. The van der Waals surface area contributed by atoms with Crippen LogP contribution in [0.25, 0.3) is 0 Å². The first-order chi connectivity index (χ1) is 7.10. The lowest BCUT2D eigenvalue weighted by Crippen LogP contribution is -2.17. The minimum atomic E-state index is -1.49. The Morgan fingerprint density at radius 2 is 2.00 bits per heavy atom. The van der Waals surface area contributed by atoms with Gasteiger partial charge in [0.2, 0.25) is 0 Å². The van der Waals surface area contributed by atoms with Crippen molar-refractivity contribution in [2.75, 3.05) is 5.32 Å². The Kier molecular flexibility index (Phi) is 3.62. The standard InChI is InChI=1S/C11H10F3N/c1-3-7(4-2)15-9-6-5-8(12)10(13)11(9)14/h1,5-7,15H,4H2,2H3. The Morgan fingerprint density at radius 3 is 2.53 bits per heavy atom. The molecule has 0 heterocycles. The molecule has 0 spiro atoms. The van der Waals surface area contributed by atoms with Crippen molar-refractivity contribution in [2.45, 2.75) is 19.4 Å². The first kappa shape index (κ1) is 11.4. The van der Waals surface area contributed by atoms with E-state index in [4.69, 9.17) is 6.42 Å². The van der Waals surface area contributed by atoms with Crippen LogP contribution in [0.3, 0.4) is 0 Å². The van der Waals surface area contributed by atoms with Gasteiger partial charge >= 0.3 is 0 Å². The van der Waals surface area contributed by atoms with Gasteiger partial charge in [-0.2, -0.15) is 0 Å². The lowest BCUT2D eigenvalue weighted by Gasteiger charge is -2.13. The molecule has 1 nitrogen and oxygen atoms in total. The Morgan fingerprint density at radius 1 is 1.33 bits per heavy atom. The number of terminal acetylenes is 1. The largest absolute Gasteiger partial charge is 0.369 e. The molecule has 0 radical (unpaired) electrons. The van der Waals surface area contributed by atoms with Crippen LogP contribution in [0.2, 0.25) is 0 Å². The van der Waals surface area contributed by atoms with Gasteiger partial charge in [0.1, 0.15) is 0 Å². The molecule has 1 N–H and O–H groups in total. The SMILES string of the molecule is C#CC(CC)Nc1ccc(F)c(F)c1F. The highest BCUT2D eigenvalue weighted by molar-refractivity contribution is 5.47. The van der Waals surface area contributed by atoms with E-state index in [0.29, 0.717) is 6.42 Å². The zero-order chi connectivity index (χ0) is 11.4. The summed E-state index contributed by atoms with van der Waals surface area (Å²) in [6.07, 6.45) is 5.71. The fourth-order valence-corrected chi connectivity index (χ4v) is 1.09. The van der Waals surface area contributed by atoms with Crippen LogP contribution in [-0.4, -0.2) is 6.04 Å². The maximum Gasteiger partial charge on any atom is 0.196 e. The molecule has 0 amide bonds. The molecule has 0 aromatic heterocycles. The average Bonchev–Trinajstić information content (AvgIpc) is 2.25. The molecule has 0 aliphatic carbocycles. The van der Waals surface area contributed by atoms with E-state index in [-0.39, 0.29) is 5.69 Å². The summed E-state index contributed by atoms with van der Waals surface area (Å²) in [6.45, 7) is 1.80. The van der Waals surface area contributed by atoms with E-state index in [1.165, 1.54) is 0 Å². The number of halogens is 3. The highest BCUT2D eigenvalue weighted by Crippen LogP contribution is 2.20. The van der Waals surface area contributed by atoms with Gasteiger partial charge in [-0.25, -0.2) is 13.2 Å². The molecule has 0 fully saturated rings. The normalized spacial score (nSPS) is 11.9.